The maximum absolute atomic E-state index is 13.0. The van der Waals surface area contributed by atoms with Crippen molar-refractivity contribution in [2.24, 2.45) is 0 Å². The van der Waals surface area contributed by atoms with Crippen molar-refractivity contribution in [3.8, 4) is 21.4 Å². The number of ether oxygens (including phenoxy) is 2. The van der Waals surface area contributed by atoms with Gasteiger partial charge in [-0.1, -0.05) is 13.8 Å². The van der Waals surface area contributed by atoms with E-state index < -0.39 is 10.0 Å². The molecule has 0 fully saturated rings. The van der Waals surface area contributed by atoms with Gasteiger partial charge < -0.3 is 9.47 Å². The fraction of sp³-hybridized carbons (Fsp3) is 0.316. The Kier molecular flexibility index (Phi) is 5.97. The minimum atomic E-state index is -3.80. The molecule has 2 heterocycles. The maximum atomic E-state index is 13.0. The molecule has 0 radical (unpaired) electrons. The molecule has 0 aliphatic rings. The summed E-state index contributed by atoms with van der Waals surface area (Å²) in [4.78, 5) is 6.40. The lowest BCUT2D eigenvalue weighted by atomic mass is 10.2. The average Bonchev–Trinajstić information content (AvgIpc) is 3.28. The summed E-state index contributed by atoms with van der Waals surface area (Å²) in [7, 11) is -0.785. The lowest BCUT2D eigenvalue weighted by molar-refractivity contribution is 0.405. The van der Waals surface area contributed by atoms with E-state index in [-0.39, 0.29) is 4.90 Å². The van der Waals surface area contributed by atoms with E-state index in [1.54, 1.807) is 31.2 Å². The van der Waals surface area contributed by atoms with Crippen molar-refractivity contribution < 1.29 is 17.9 Å². The molecule has 28 heavy (non-hydrogen) atoms. The van der Waals surface area contributed by atoms with Crippen molar-refractivity contribution in [3.05, 3.63) is 40.2 Å². The van der Waals surface area contributed by atoms with Crippen LogP contribution < -0.4 is 14.2 Å². The van der Waals surface area contributed by atoms with Crippen molar-refractivity contribution in [1.29, 1.82) is 0 Å². The number of anilines is 1. The van der Waals surface area contributed by atoms with Gasteiger partial charge in [0.25, 0.3) is 10.0 Å². The molecule has 3 rings (SSSR count). The second kappa shape index (κ2) is 8.10. The van der Waals surface area contributed by atoms with Crippen LogP contribution in [0.25, 0.3) is 9.88 Å². The molecule has 0 aliphatic carbocycles. The molecule has 2 aromatic heterocycles. The number of sulfonamides is 1. The minimum Gasteiger partial charge on any atom is -0.497 e. The molecule has 3 aromatic rings. The van der Waals surface area contributed by atoms with E-state index in [0.29, 0.717) is 28.0 Å². The van der Waals surface area contributed by atoms with E-state index in [4.69, 9.17) is 9.47 Å². The second-order valence-electron chi connectivity index (χ2n) is 6.44. The Labute approximate surface area is 173 Å². The molecule has 1 aromatic carbocycles. The highest BCUT2D eigenvalue weighted by atomic mass is 32.2. The number of thiazole rings is 1. The summed E-state index contributed by atoms with van der Waals surface area (Å²) in [6, 6.07) is 6.64. The van der Waals surface area contributed by atoms with Gasteiger partial charge in [0.1, 0.15) is 21.4 Å². The predicted molar refractivity (Wildman–Crippen MR) is 115 cm³/mol. The highest BCUT2D eigenvalue weighted by molar-refractivity contribution is 7.93. The van der Waals surface area contributed by atoms with E-state index in [9.17, 15) is 8.42 Å². The Hall–Kier alpha value is -2.10. The molecule has 1 N–H and O–H groups in total. The first kappa shape index (κ1) is 20.6. The number of hydrogen-bond acceptors (Lipinski definition) is 7. The van der Waals surface area contributed by atoms with Crippen LogP contribution in [0.2, 0.25) is 0 Å². The van der Waals surface area contributed by atoms with Gasteiger partial charge in [0, 0.05) is 16.3 Å². The number of aromatic nitrogens is 1. The molecular weight excluding hydrogens is 416 g/mol. The van der Waals surface area contributed by atoms with Crippen LogP contribution in [0.3, 0.4) is 0 Å². The molecule has 0 saturated heterocycles. The molecule has 0 saturated carbocycles. The van der Waals surface area contributed by atoms with E-state index >= 15 is 0 Å². The Morgan fingerprint density at radius 2 is 1.89 bits per heavy atom. The molecule has 0 aliphatic heterocycles. The highest BCUT2D eigenvalue weighted by Crippen LogP contribution is 2.38. The SMILES string of the molecule is COc1ccc(OC)c(NS(=O)(=O)c2cc(-c3nc(C(C)C)cs3)sc2C)c1. The number of nitrogens with one attached hydrogen (secondary N) is 1. The van der Waals surface area contributed by atoms with Crippen LogP contribution in [-0.4, -0.2) is 27.6 Å². The zero-order valence-electron chi connectivity index (χ0n) is 16.3. The van der Waals surface area contributed by atoms with Gasteiger partial charge in [-0.05, 0) is 31.0 Å². The van der Waals surface area contributed by atoms with Gasteiger partial charge in [0.2, 0.25) is 0 Å². The summed E-state index contributed by atoms with van der Waals surface area (Å²) in [6.07, 6.45) is 0. The third-order valence-corrected chi connectivity index (χ3v) is 7.84. The molecule has 6 nitrogen and oxygen atoms in total. The summed E-state index contributed by atoms with van der Waals surface area (Å²) >= 11 is 2.95. The van der Waals surface area contributed by atoms with Crippen molar-refractivity contribution in [2.45, 2.75) is 31.6 Å². The van der Waals surface area contributed by atoms with Gasteiger partial charge in [-0.25, -0.2) is 13.4 Å². The Balaban J connectivity index is 1.95. The van der Waals surface area contributed by atoms with Crippen LogP contribution in [0.15, 0.2) is 34.5 Å². The molecule has 0 spiro atoms. The summed E-state index contributed by atoms with van der Waals surface area (Å²) in [6.45, 7) is 5.96. The Morgan fingerprint density at radius 1 is 1.14 bits per heavy atom. The number of hydrogen-bond donors (Lipinski definition) is 1. The monoisotopic (exact) mass is 438 g/mol. The molecule has 150 valence electrons. The summed E-state index contributed by atoms with van der Waals surface area (Å²) < 4.78 is 39.1. The van der Waals surface area contributed by atoms with E-state index in [0.717, 1.165) is 15.6 Å². The highest BCUT2D eigenvalue weighted by Gasteiger charge is 2.23. The zero-order valence-corrected chi connectivity index (χ0v) is 18.7. The number of methoxy groups -OCH3 is 2. The van der Waals surface area contributed by atoms with Gasteiger partial charge in [0.05, 0.1) is 30.5 Å². The minimum absolute atomic E-state index is 0.235. The molecular formula is C19H22N2O4S3. The summed E-state index contributed by atoms with van der Waals surface area (Å²) in [5.41, 5.74) is 1.33. The van der Waals surface area contributed by atoms with E-state index in [1.807, 2.05) is 5.38 Å². The lowest BCUT2D eigenvalue weighted by Crippen LogP contribution is -2.14. The van der Waals surface area contributed by atoms with Gasteiger partial charge in [0.15, 0.2) is 0 Å². The number of benzene rings is 1. The normalized spacial score (nSPS) is 11.6. The fourth-order valence-corrected chi connectivity index (χ4v) is 6.29. The predicted octanol–water partition coefficient (Wildman–Crippen LogP) is 5.12. The van der Waals surface area contributed by atoms with Crippen molar-refractivity contribution in [2.75, 3.05) is 18.9 Å². The first-order chi connectivity index (χ1) is 13.2. The van der Waals surface area contributed by atoms with Crippen molar-refractivity contribution >= 4 is 38.4 Å². The molecule has 0 atom stereocenters. The topological polar surface area (TPSA) is 77.5 Å². The van der Waals surface area contributed by atoms with E-state index in [1.165, 1.54) is 36.9 Å². The van der Waals surface area contributed by atoms with Gasteiger partial charge >= 0.3 is 0 Å². The summed E-state index contributed by atoms with van der Waals surface area (Å²) in [5.74, 6) is 1.28. The molecule has 0 unspecified atom stereocenters. The van der Waals surface area contributed by atoms with Crippen molar-refractivity contribution in [3.63, 3.8) is 0 Å². The van der Waals surface area contributed by atoms with E-state index in [2.05, 4.69) is 23.6 Å². The molecule has 0 bridgehead atoms. The largest absolute Gasteiger partial charge is 0.497 e. The number of nitrogens with zero attached hydrogens (tertiary/aromatic N) is 1. The third-order valence-electron chi connectivity index (χ3n) is 4.14. The van der Waals surface area contributed by atoms with Gasteiger partial charge in [-0.3, -0.25) is 4.72 Å². The standard InChI is InChI=1S/C19H22N2O4S3/c1-11(2)15-10-26-19(20-15)17-9-18(12(3)27-17)28(22,23)21-14-8-13(24-4)6-7-16(14)25-5/h6-11,21H,1-5H3. The lowest BCUT2D eigenvalue weighted by Gasteiger charge is -2.13. The van der Waals surface area contributed by atoms with Crippen LogP contribution >= 0.6 is 22.7 Å². The zero-order chi connectivity index (χ0) is 20.5. The second-order valence-corrected chi connectivity index (χ2v) is 10.2. The first-order valence-corrected chi connectivity index (χ1v) is 11.7. The Morgan fingerprint density at radius 3 is 2.50 bits per heavy atom. The average molecular weight is 439 g/mol. The smallest absolute Gasteiger partial charge is 0.263 e. The van der Waals surface area contributed by atoms with Crippen molar-refractivity contribution in [1.82, 2.24) is 4.98 Å². The van der Waals surface area contributed by atoms with Crippen LogP contribution in [-0.2, 0) is 10.0 Å². The summed E-state index contributed by atoms with van der Waals surface area (Å²) in [5, 5.41) is 2.85. The quantitative estimate of drug-likeness (QED) is 0.554. The van der Waals surface area contributed by atoms with Crippen LogP contribution in [0.4, 0.5) is 5.69 Å². The van der Waals surface area contributed by atoms with Gasteiger partial charge in [-0.15, -0.1) is 22.7 Å². The Bertz CT molecular complexity index is 1080. The number of thiophene rings is 1. The van der Waals surface area contributed by atoms with Crippen LogP contribution in [0, 0.1) is 6.92 Å². The molecule has 0 amide bonds. The first-order valence-electron chi connectivity index (χ1n) is 8.56. The molecule has 9 heteroatoms. The van der Waals surface area contributed by atoms with Crippen LogP contribution in [0.1, 0.15) is 30.3 Å². The van der Waals surface area contributed by atoms with Gasteiger partial charge in [-0.2, -0.15) is 0 Å². The number of aryl methyl sites for hydroxylation is 1. The fourth-order valence-electron chi connectivity index (χ4n) is 2.60. The maximum Gasteiger partial charge on any atom is 0.263 e. The number of rotatable bonds is 7. The van der Waals surface area contributed by atoms with Crippen LogP contribution in [0.5, 0.6) is 11.5 Å². The third kappa shape index (κ3) is 4.16.